The zero-order valence-electron chi connectivity index (χ0n) is 12.3. The maximum Gasteiger partial charge on any atom is 0.292 e. The normalized spacial score (nSPS) is 19.0. The first kappa shape index (κ1) is 15.2. The van der Waals surface area contributed by atoms with E-state index in [1.165, 1.54) is 6.07 Å². The minimum Gasteiger partial charge on any atom is -0.389 e. The van der Waals surface area contributed by atoms with Crippen LogP contribution in [-0.4, -0.2) is 34.6 Å². The van der Waals surface area contributed by atoms with Gasteiger partial charge in [-0.15, -0.1) is 0 Å². The molecule has 1 aliphatic rings. The predicted molar refractivity (Wildman–Crippen MR) is 78.2 cm³/mol. The van der Waals surface area contributed by atoms with E-state index in [9.17, 15) is 20.0 Å². The second-order valence-electron chi connectivity index (χ2n) is 5.65. The van der Waals surface area contributed by atoms with Crippen molar-refractivity contribution < 1.29 is 14.8 Å². The van der Waals surface area contributed by atoms with Crippen LogP contribution in [0.3, 0.4) is 0 Å². The number of anilines is 1. The fraction of sp³-hybridized carbons (Fsp3) is 0.500. The molecule has 0 spiro atoms. The first-order valence-electron chi connectivity index (χ1n) is 6.77. The molecule has 1 heterocycles. The van der Waals surface area contributed by atoms with E-state index in [1.54, 1.807) is 37.8 Å². The van der Waals surface area contributed by atoms with Crippen molar-refractivity contribution >= 4 is 17.3 Å². The van der Waals surface area contributed by atoms with E-state index in [0.29, 0.717) is 24.3 Å². The van der Waals surface area contributed by atoms with Crippen molar-refractivity contribution in [1.29, 1.82) is 0 Å². The Balaban J connectivity index is 2.52. The Morgan fingerprint density at radius 3 is 2.71 bits per heavy atom. The number of amides is 1. The van der Waals surface area contributed by atoms with Crippen molar-refractivity contribution in [3.8, 4) is 0 Å². The summed E-state index contributed by atoms with van der Waals surface area (Å²) in [7, 11) is 0. The first-order valence-corrected chi connectivity index (χ1v) is 6.77. The van der Waals surface area contributed by atoms with E-state index in [0.717, 1.165) is 0 Å². The van der Waals surface area contributed by atoms with Gasteiger partial charge in [0.25, 0.3) is 5.69 Å². The smallest absolute Gasteiger partial charge is 0.292 e. The topological polar surface area (TPSA) is 95.7 Å². The Bertz CT molecular complexity index is 584. The van der Waals surface area contributed by atoms with Crippen LogP contribution in [0.1, 0.15) is 32.4 Å². The van der Waals surface area contributed by atoms with E-state index in [4.69, 9.17) is 0 Å². The molecule has 1 amide bonds. The quantitative estimate of drug-likeness (QED) is 0.648. The molecule has 7 nitrogen and oxygen atoms in total. The van der Waals surface area contributed by atoms with Crippen LogP contribution in [0.25, 0.3) is 0 Å². The summed E-state index contributed by atoms with van der Waals surface area (Å²) in [5.74, 6) is -0.164. The molecule has 2 N–H and O–H groups in total. The lowest BCUT2D eigenvalue weighted by molar-refractivity contribution is -0.384. The molecule has 0 aromatic heterocycles. The maximum absolute atomic E-state index is 12.0. The third kappa shape index (κ3) is 2.69. The highest BCUT2D eigenvalue weighted by molar-refractivity contribution is 5.91. The van der Waals surface area contributed by atoms with E-state index in [1.807, 2.05) is 0 Å². The highest BCUT2D eigenvalue weighted by Crippen LogP contribution is 2.35. The van der Waals surface area contributed by atoms with Gasteiger partial charge in [0.2, 0.25) is 5.91 Å². The SMILES string of the molecule is CC(O)c1ccc(N2CCNC(=O)C2(C)C)c([N+](=O)[O-])c1. The molecule has 1 aliphatic heterocycles. The highest BCUT2D eigenvalue weighted by Gasteiger charge is 2.40. The minimum atomic E-state index is -0.866. The summed E-state index contributed by atoms with van der Waals surface area (Å²) in [5, 5.41) is 23.7. The van der Waals surface area contributed by atoms with Gasteiger partial charge < -0.3 is 15.3 Å². The van der Waals surface area contributed by atoms with Crippen LogP contribution >= 0.6 is 0 Å². The Morgan fingerprint density at radius 2 is 2.14 bits per heavy atom. The maximum atomic E-state index is 12.0. The van der Waals surface area contributed by atoms with Crippen molar-refractivity contribution in [2.75, 3.05) is 18.0 Å². The Hall–Kier alpha value is -2.15. The number of hydrogen-bond acceptors (Lipinski definition) is 5. The summed E-state index contributed by atoms with van der Waals surface area (Å²) in [5.41, 5.74) is -0.0971. The zero-order valence-corrected chi connectivity index (χ0v) is 12.3. The molecule has 0 aliphatic carbocycles. The largest absolute Gasteiger partial charge is 0.389 e. The number of nitrogens with zero attached hydrogens (tertiary/aromatic N) is 2. The van der Waals surface area contributed by atoms with E-state index >= 15 is 0 Å². The van der Waals surface area contributed by atoms with Crippen LogP contribution in [0.15, 0.2) is 18.2 Å². The van der Waals surface area contributed by atoms with Crippen molar-refractivity contribution in [3.05, 3.63) is 33.9 Å². The molecule has 0 bridgehead atoms. The number of nitro benzene ring substituents is 1. The molecule has 1 unspecified atom stereocenters. The van der Waals surface area contributed by atoms with Gasteiger partial charge in [0.1, 0.15) is 11.2 Å². The summed E-state index contributed by atoms with van der Waals surface area (Å²) >= 11 is 0. The van der Waals surface area contributed by atoms with Crippen LogP contribution in [0.4, 0.5) is 11.4 Å². The van der Waals surface area contributed by atoms with Gasteiger partial charge in [-0.3, -0.25) is 14.9 Å². The number of hydrogen-bond donors (Lipinski definition) is 2. The average molecular weight is 293 g/mol. The summed E-state index contributed by atoms with van der Waals surface area (Å²) in [6.45, 7) is 5.95. The standard InChI is InChI=1S/C14H19N3O4/c1-9(18)10-4-5-11(12(8-10)17(20)21)16-7-6-15-13(19)14(16,2)3/h4-5,8-9,18H,6-7H2,1-3H3,(H,15,19). The molecule has 1 saturated heterocycles. The summed E-state index contributed by atoms with van der Waals surface area (Å²) in [6, 6.07) is 4.61. The summed E-state index contributed by atoms with van der Waals surface area (Å²) in [6.07, 6.45) is -0.782. The van der Waals surface area contributed by atoms with Gasteiger partial charge in [-0.2, -0.15) is 0 Å². The third-order valence-electron chi connectivity index (χ3n) is 3.82. The van der Waals surface area contributed by atoms with Gasteiger partial charge in [0, 0.05) is 19.2 Å². The van der Waals surface area contributed by atoms with Crippen molar-refractivity contribution in [2.45, 2.75) is 32.4 Å². The van der Waals surface area contributed by atoms with E-state index in [2.05, 4.69) is 5.32 Å². The zero-order chi connectivity index (χ0) is 15.8. The molecule has 2 rings (SSSR count). The van der Waals surface area contributed by atoms with Crippen molar-refractivity contribution in [3.63, 3.8) is 0 Å². The van der Waals surface area contributed by atoms with Gasteiger partial charge in [-0.25, -0.2) is 0 Å². The van der Waals surface area contributed by atoms with Gasteiger partial charge in [0.05, 0.1) is 11.0 Å². The molecule has 7 heteroatoms. The second kappa shape index (κ2) is 5.33. The minimum absolute atomic E-state index is 0.101. The lowest BCUT2D eigenvalue weighted by atomic mass is 9.97. The number of nitro groups is 1. The molecule has 1 aromatic rings. The lowest BCUT2D eigenvalue weighted by Gasteiger charge is -2.42. The monoisotopic (exact) mass is 293 g/mol. The van der Waals surface area contributed by atoms with Gasteiger partial charge in [-0.1, -0.05) is 6.07 Å². The van der Waals surface area contributed by atoms with Crippen LogP contribution in [-0.2, 0) is 4.79 Å². The molecule has 1 fully saturated rings. The molecule has 21 heavy (non-hydrogen) atoms. The number of piperazine rings is 1. The molecule has 0 saturated carbocycles. The number of nitrogens with one attached hydrogen (secondary N) is 1. The third-order valence-corrected chi connectivity index (χ3v) is 3.82. The predicted octanol–water partition coefficient (Wildman–Crippen LogP) is 1.36. The van der Waals surface area contributed by atoms with Gasteiger partial charge in [-0.05, 0) is 32.4 Å². The second-order valence-corrected chi connectivity index (χ2v) is 5.65. The van der Waals surface area contributed by atoms with Crippen molar-refractivity contribution in [1.82, 2.24) is 5.32 Å². The molecular weight excluding hydrogens is 274 g/mol. The number of benzene rings is 1. The van der Waals surface area contributed by atoms with Crippen LogP contribution < -0.4 is 10.2 Å². The van der Waals surface area contributed by atoms with Crippen LogP contribution in [0.2, 0.25) is 0 Å². The highest BCUT2D eigenvalue weighted by atomic mass is 16.6. The fourth-order valence-electron chi connectivity index (χ4n) is 2.50. The Labute approximate surface area is 122 Å². The number of carbonyl (C=O) groups is 1. The average Bonchev–Trinajstić information content (AvgIpc) is 2.41. The van der Waals surface area contributed by atoms with Crippen LogP contribution in [0.5, 0.6) is 0 Å². The number of aliphatic hydroxyl groups is 1. The number of rotatable bonds is 3. The van der Waals surface area contributed by atoms with Gasteiger partial charge >= 0.3 is 0 Å². The summed E-state index contributed by atoms with van der Waals surface area (Å²) < 4.78 is 0. The molecule has 114 valence electrons. The van der Waals surface area contributed by atoms with Crippen LogP contribution in [0, 0.1) is 10.1 Å². The number of carbonyl (C=O) groups excluding carboxylic acids is 1. The Morgan fingerprint density at radius 1 is 1.48 bits per heavy atom. The fourth-order valence-corrected chi connectivity index (χ4v) is 2.50. The van der Waals surface area contributed by atoms with E-state index in [-0.39, 0.29) is 11.6 Å². The first-order chi connectivity index (χ1) is 9.75. The van der Waals surface area contributed by atoms with Crippen molar-refractivity contribution in [2.24, 2.45) is 0 Å². The lowest BCUT2D eigenvalue weighted by Crippen LogP contribution is -2.62. The number of aliphatic hydroxyl groups excluding tert-OH is 1. The van der Waals surface area contributed by atoms with E-state index < -0.39 is 16.6 Å². The van der Waals surface area contributed by atoms with Gasteiger partial charge in [0.15, 0.2) is 0 Å². The Kier molecular flexibility index (Phi) is 3.87. The molecule has 0 radical (unpaired) electrons. The molecular formula is C14H19N3O4. The molecule has 1 atom stereocenters. The molecule has 1 aromatic carbocycles. The summed E-state index contributed by atoms with van der Waals surface area (Å²) in [4.78, 5) is 24.6.